The van der Waals surface area contributed by atoms with Crippen LogP contribution in [-0.2, 0) is 11.3 Å². The highest BCUT2D eigenvalue weighted by Crippen LogP contribution is 2.31. The summed E-state index contributed by atoms with van der Waals surface area (Å²) >= 11 is 7.84. The standard InChI is InChI=1S/C22H20ClN5O2S/c23-18-4-2-1-3-15(18)13-28-14-16(12-24-28)21(29)25-17-5-6-19-20(11-17)31-22(26-19)27-7-9-30-10-8-27/h1-6,11-12,14H,7-10,13H2,(H,25,29). The fourth-order valence-electron chi connectivity index (χ4n) is 3.45. The third kappa shape index (κ3) is 4.41. The van der Waals surface area contributed by atoms with Crippen LogP contribution in [0.25, 0.3) is 10.2 Å². The summed E-state index contributed by atoms with van der Waals surface area (Å²) in [5.74, 6) is -0.206. The van der Waals surface area contributed by atoms with Crippen LogP contribution in [0.15, 0.2) is 54.9 Å². The van der Waals surface area contributed by atoms with Gasteiger partial charge in [-0.2, -0.15) is 5.10 Å². The molecule has 31 heavy (non-hydrogen) atoms. The molecule has 1 aliphatic heterocycles. The molecule has 5 rings (SSSR count). The topological polar surface area (TPSA) is 72.3 Å². The number of carbonyl (C=O) groups excluding carboxylic acids is 1. The fourth-order valence-corrected chi connectivity index (χ4v) is 4.70. The molecule has 0 bridgehead atoms. The van der Waals surface area contributed by atoms with Gasteiger partial charge in [-0.1, -0.05) is 41.1 Å². The van der Waals surface area contributed by atoms with Crippen molar-refractivity contribution in [1.29, 1.82) is 0 Å². The number of fused-ring (bicyclic) bond motifs is 1. The first kappa shape index (κ1) is 20.0. The van der Waals surface area contributed by atoms with E-state index < -0.39 is 0 Å². The molecule has 1 amide bonds. The SMILES string of the molecule is O=C(Nc1ccc2nc(N3CCOCC3)sc2c1)c1cnn(Cc2ccccc2Cl)c1. The maximum atomic E-state index is 12.7. The number of morpholine rings is 1. The van der Waals surface area contributed by atoms with E-state index in [1.165, 1.54) is 0 Å². The minimum absolute atomic E-state index is 0.206. The third-order valence-electron chi connectivity index (χ3n) is 5.10. The van der Waals surface area contributed by atoms with Crippen LogP contribution in [0.1, 0.15) is 15.9 Å². The van der Waals surface area contributed by atoms with Gasteiger partial charge < -0.3 is 15.0 Å². The van der Waals surface area contributed by atoms with Crippen LogP contribution >= 0.6 is 22.9 Å². The molecule has 2 aromatic heterocycles. The highest BCUT2D eigenvalue weighted by molar-refractivity contribution is 7.22. The molecule has 0 spiro atoms. The number of nitrogens with zero attached hydrogens (tertiary/aromatic N) is 4. The van der Waals surface area contributed by atoms with Gasteiger partial charge in [-0.25, -0.2) is 4.98 Å². The minimum atomic E-state index is -0.206. The van der Waals surface area contributed by atoms with Crippen molar-refractivity contribution in [3.05, 3.63) is 71.0 Å². The Morgan fingerprint density at radius 2 is 2.03 bits per heavy atom. The average molecular weight is 454 g/mol. The van der Waals surface area contributed by atoms with Crippen LogP contribution in [0.4, 0.5) is 10.8 Å². The van der Waals surface area contributed by atoms with E-state index >= 15 is 0 Å². The minimum Gasteiger partial charge on any atom is -0.378 e. The molecule has 0 saturated carbocycles. The quantitative estimate of drug-likeness (QED) is 0.488. The molecule has 0 radical (unpaired) electrons. The zero-order valence-electron chi connectivity index (χ0n) is 16.6. The Morgan fingerprint density at radius 1 is 1.19 bits per heavy atom. The summed E-state index contributed by atoms with van der Waals surface area (Å²) in [5, 5.41) is 8.92. The summed E-state index contributed by atoms with van der Waals surface area (Å²) in [7, 11) is 0. The Hall–Kier alpha value is -2.94. The molecule has 1 fully saturated rings. The fraction of sp³-hybridized carbons (Fsp3) is 0.227. The number of benzene rings is 2. The van der Waals surface area contributed by atoms with Gasteiger partial charge in [0.15, 0.2) is 5.13 Å². The third-order valence-corrected chi connectivity index (χ3v) is 6.55. The predicted molar refractivity (Wildman–Crippen MR) is 123 cm³/mol. The van der Waals surface area contributed by atoms with Crippen molar-refractivity contribution in [1.82, 2.24) is 14.8 Å². The van der Waals surface area contributed by atoms with Gasteiger partial charge in [-0.3, -0.25) is 9.48 Å². The number of rotatable bonds is 5. The Morgan fingerprint density at radius 3 is 2.87 bits per heavy atom. The maximum Gasteiger partial charge on any atom is 0.258 e. The molecule has 4 aromatic rings. The number of hydrogen-bond acceptors (Lipinski definition) is 6. The molecule has 0 aliphatic carbocycles. The van der Waals surface area contributed by atoms with E-state index in [2.05, 4.69) is 15.3 Å². The van der Waals surface area contributed by atoms with Gasteiger partial charge in [0.2, 0.25) is 0 Å². The van der Waals surface area contributed by atoms with Crippen LogP contribution in [0, 0.1) is 0 Å². The molecule has 1 N–H and O–H groups in total. The zero-order valence-corrected chi connectivity index (χ0v) is 18.2. The van der Waals surface area contributed by atoms with Crippen molar-refractivity contribution in [2.24, 2.45) is 0 Å². The van der Waals surface area contributed by atoms with Gasteiger partial charge in [-0.15, -0.1) is 0 Å². The summed E-state index contributed by atoms with van der Waals surface area (Å²) in [4.78, 5) is 19.7. The molecule has 3 heterocycles. The van der Waals surface area contributed by atoms with Crippen molar-refractivity contribution < 1.29 is 9.53 Å². The summed E-state index contributed by atoms with van der Waals surface area (Å²) < 4.78 is 8.16. The second kappa shape index (κ2) is 8.66. The zero-order chi connectivity index (χ0) is 21.2. The lowest BCUT2D eigenvalue weighted by Crippen LogP contribution is -2.36. The van der Waals surface area contributed by atoms with Gasteiger partial charge in [0, 0.05) is 30.0 Å². The molecule has 1 aliphatic rings. The Balaban J connectivity index is 1.29. The highest BCUT2D eigenvalue weighted by atomic mass is 35.5. The van der Waals surface area contributed by atoms with Gasteiger partial charge >= 0.3 is 0 Å². The summed E-state index contributed by atoms with van der Waals surface area (Å²) in [6.45, 7) is 3.65. The van der Waals surface area contributed by atoms with E-state index in [4.69, 9.17) is 21.3 Å². The summed E-state index contributed by atoms with van der Waals surface area (Å²) in [6, 6.07) is 13.4. The summed E-state index contributed by atoms with van der Waals surface area (Å²) in [6.07, 6.45) is 3.29. The first-order valence-electron chi connectivity index (χ1n) is 9.96. The van der Waals surface area contributed by atoms with E-state index in [0.29, 0.717) is 17.1 Å². The largest absolute Gasteiger partial charge is 0.378 e. The lowest BCUT2D eigenvalue weighted by molar-refractivity contribution is 0.102. The molecule has 2 aromatic carbocycles. The number of aromatic nitrogens is 3. The van der Waals surface area contributed by atoms with Crippen LogP contribution in [0.5, 0.6) is 0 Å². The molecule has 0 atom stereocenters. The highest BCUT2D eigenvalue weighted by Gasteiger charge is 2.16. The van der Waals surface area contributed by atoms with Gasteiger partial charge in [0.25, 0.3) is 5.91 Å². The van der Waals surface area contributed by atoms with E-state index in [0.717, 1.165) is 52.9 Å². The van der Waals surface area contributed by atoms with Crippen molar-refractivity contribution in [2.45, 2.75) is 6.54 Å². The Labute approximate surface area is 188 Å². The lowest BCUT2D eigenvalue weighted by atomic mass is 10.2. The second-order valence-corrected chi connectivity index (χ2v) is 8.67. The normalized spacial score (nSPS) is 14.2. The van der Waals surface area contributed by atoms with E-state index in [9.17, 15) is 4.79 Å². The number of hydrogen-bond donors (Lipinski definition) is 1. The number of amides is 1. The summed E-state index contributed by atoms with van der Waals surface area (Å²) in [5.41, 5.74) is 3.10. The van der Waals surface area contributed by atoms with Crippen molar-refractivity contribution in [2.75, 3.05) is 36.5 Å². The molecular weight excluding hydrogens is 434 g/mol. The number of anilines is 2. The number of halogens is 1. The molecule has 9 heteroatoms. The Kier molecular flexibility index (Phi) is 5.59. The molecular formula is C22H20ClN5O2S. The van der Waals surface area contributed by atoms with Crippen molar-refractivity contribution >= 4 is 49.9 Å². The monoisotopic (exact) mass is 453 g/mol. The number of thiazole rings is 1. The van der Waals surface area contributed by atoms with E-state index in [1.54, 1.807) is 28.4 Å². The first-order chi connectivity index (χ1) is 15.2. The lowest BCUT2D eigenvalue weighted by Gasteiger charge is -2.25. The van der Waals surface area contributed by atoms with Gasteiger partial charge in [0.1, 0.15) is 0 Å². The molecule has 158 valence electrons. The van der Waals surface area contributed by atoms with Crippen LogP contribution in [-0.4, -0.2) is 47.0 Å². The Bertz CT molecular complexity index is 1230. The van der Waals surface area contributed by atoms with Crippen LogP contribution in [0.2, 0.25) is 5.02 Å². The van der Waals surface area contributed by atoms with Crippen LogP contribution < -0.4 is 10.2 Å². The predicted octanol–water partition coefficient (Wildman–Crippen LogP) is 4.28. The van der Waals surface area contributed by atoms with Crippen molar-refractivity contribution in [3.63, 3.8) is 0 Å². The molecule has 0 unspecified atom stereocenters. The van der Waals surface area contributed by atoms with E-state index in [1.807, 2.05) is 42.5 Å². The first-order valence-corrected chi connectivity index (χ1v) is 11.2. The average Bonchev–Trinajstić information content (AvgIpc) is 3.43. The number of nitrogens with one attached hydrogen (secondary N) is 1. The number of carbonyl (C=O) groups is 1. The maximum absolute atomic E-state index is 12.7. The molecule has 7 nitrogen and oxygen atoms in total. The van der Waals surface area contributed by atoms with Crippen LogP contribution in [0.3, 0.4) is 0 Å². The van der Waals surface area contributed by atoms with Crippen molar-refractivity contribution in [3.8, 4) is 0 Å². The van der Waals surface area contributed by atoms with E-state index in [-0.39, 0.29) is 5.91 Å². The smallest absolute Gasteiger partial charge is 0.258 e. The van der Waals surface area contributed by atoms with Gasteiger partial charge in [0.05, 0.1) is 41.7 Å². The van der Waals surface area contributed by atoms with Gasteiger partial charge in [-0.05, 0) is 29.8 Å². The number of ether oxygens (including phenoxy) is 1. The second-order valence-electron chi connectivity index (χ2n) is 7.25. The molecule has 1 saturated heterocycles.